The van der Waals surface area contributed by atoms with Gasteiger partial charge in [-0.25, -0.2) is 17.7 Å². The highest BCUT2D eigenvalue weighted by atomic mass is 32.2. The molecule has 0 radical (unpaired) electrons. The van der Waals surface area contributed by atoms with Gasteiger partial charge in [0, 0.05) is 11.8 Å². The van der Waals surface area contributed by atoms with Crippen molar-refractivity contribution in [2.24, 2.45) is 5.73 Å². The Balaban J connectivity index is 2.51. The minimum atomic E-state index is -4.35. The summed E-state index contributed by atoms with van der Waals surface area (Å²) in [4.78, 5) is 28.2. The summed E-state index contributed by atoms with van der Waals surface area (Å²) >= 11 is 1.16. The topological polar surface area (TPSA) is 120 Å². The summed E-state index contributed by atoms with van der Waals surface area (Å²) in [5, 5.41) is -0.0646. The van der Waals surface area contributed by atoms with Crippen LogP contribution < -0.4 is 10.0 Å². The van der Waals surface area contributed by atoms with Crippen molar-refractivity contribution in [2.75, 3.05) is 10.9 Å². The Kier molecular flexibility index (Phi) is 6.92. The van der Waals surface area contributed by atoms with E-state index in [1.165, 1.54) is 17.8 Å². The first-order chi connectivity index (χ1) is 12.8. The second-order valence-electron chi connectivity index (χ2n) is 5.70. The predicted molar refractivity (Wildman–Crippen MR) is 103 cm³/mol. The molecule has 2 N–H and O–H groups in total. The van der Waals surface area contributed by atoms with Gasteiger partial charge in [-0.1, -0.05) is 30.3 Å². The number of amides is 1. The normalized spacial score (nSPS) is 13.6. The number of sulfonamides is 1. The van der Waals surface area contributed by atoms with Crippen molar-refractivity contribution in [3.63, 3.8) is 0 Å². The van der Waals surface area contributed by atoms with Crippen LogP contribution in [0.2, 0.25) is 0 Å². The highest BCUT2D eigenvalue weighted by Crippen LogP contribution is 2.26. The SMILES string of the molecule is CCOC(=O)C(Cc1ccccc1)S(=O)(=O)N(c1cscn1)C(C)C(N)=O. The number of anilines is 1. The standard InChI is InChI=1S/C17H21N3O5S2/c1-3-25-17(22)14(9-13-7-5-4-6-8-13)27(23,24)20(12(2)16(18)21)15-10-26-11-19-15/h4-8,10-12,14H,3,9H2,1-2H3,(H2,18,21). The van der Waals surface area contributed by atoms with Crippen molar-refractivity contribution < 1.29 is 22.7 Å². The van der Waals surface area contributed by atoms with Crippen LogP contribution in [0.25, 0.3) is 0 Å². The molecule has 2 unspecified atom stereocenters. The van der Waals surface area contributed by atoms with Gasteiger partial charge < -0.3 is 10.5 Å². The van der Waals surface area contributed by atoms with Crippen LogP contribution in [0.5, 0.6) is 0 Å². The van der Waals surface area contributed by atoms with Gasteiger partial charge in [-0.2, -0.15) is 0 Å². The Bertz CT molecular complexity index is 869. The fourth-order valence-corrected chi connectivity index (χ4v) is 4.98. The molecule has 2 rings (SSSR count). The minimum absolute atomic E-state index is 0.0295. The van der Waals surface area contributed by atoms with Crippen molar-refractivity contribution in [2.45, 2.75) is 31.6 Å². The summed E-state index contributed by atoms with van der Waals surface area (Å²) < 4.78 is 32.5. The number of ether oxygens (including phenoxy) is 1. The number of nitrogens with two attached hydrogens (primary N) is 1. The number of nitrogens with zero attached hydrogens (tertiary/aromatic N) is 2. The first kappa shape index (κ1) is 20.8. The van der Waals surface area contributed by atoms with Crippen molar-refractivity contribution >= 4 is 39.1 Å². The van der Waals surface area contributed by atoms with Crippen LogP contribution in [-0.4, -0.2) is 43.2 Å². The van der Waals surface area contributed by atoms with Crippen LogP contribution in [0.3, 0.4) is 0 Å². The van der Waals surface area contributed by atoms with Crippen LogP contribution in [-0.2, 0) is 30.8 Å². The molecule has 2 atom stereocenters. The number of aromatic nitrogens is 1. The summed E-state index contributed by atoms with van der Waals surface area (Å²) in [5.41, 5.74) is 7.42. The second kappa shape index (κ2) is 8.96. The van der Waals surface area contributed by atoms with E-state index in [0.29, 0.717) is 5.56 Å². The molecule has 0 bridgehead atoms. The fourth-order valence-electron chi connectivity index (χ4n) is 2.49. The largest absolute Gasteiger partial charge is 0.465 e. The molecule has 0 saturated carbocycles. The van der Waals surface area contributed by atoms with Crippen LogP contribution in [0.4, 0.5) is 5.82 Å². The molecule has 2 aromatic rings. The Labute approximate surface area is 162 Å². The Hall–Kier alpha value is -2.46. The summed E-state index contributed by atoms with van der Waals surface area (Å²) in [6, 6.07) is 7.49. The molecule has 1 aromatic carbocycles. The van der Waals surface area contributed by atoms with E-state index in [1.54, 1.807) is 37.3 Å². The van der Waals surface area contributed by atoms with Crippen molar-refractivity contribution in [1.82, 2.24) is 4.98 Å². The van der Waals surface area contributed by atoms with Gasteiger partial charge in [0.2, 0.25) is 5.91 Å². The van der Waals surface area contributed by atoms with E-state index in [1.807, 2.05) is 0 Å². The molecular weight excluding hydrogens is 390 g/mol. The molecule has 0 aliphatic heterocycles. The molecule has 0 aliphatic carbocycles. The molecule has 1 heterocycles. The number of hydrogen-bond acceptors (Lipinski definition) is 7. The maximum absolute atomic E-state index is 13.4. The lowest BCUT2D eigenvalue weighted by molar-refractivity contribution is -0.142. The number of carbonyl (C=O) groups is 2. The number of rotatable bonds is 9. The van der Waals surface area contributed by atoms with E-state index in [-0.39, 0.29) is 18.8 Å². The number of carbonyl (C=O) groups excluding carboxylic acids is 2. The Morgan fingerprint density at radius 1 is 1.30 bits per heavy atom. The van der Waals surface area contributed by atoms with Gasteiger partial charge in [0.25, 0.3) is 10.0 Å². The molecule has 146 valence electrons. The molecule has 27 heavy (non-hydrogen) atoms. The summed E-state index contributed by atoms with van der Waals surface area (Å²) in [6.07, 6.45) is -0.103. The lowest BCUT2D eigenvalue weighted by Crippen LogP contribution is -2.52. The van der Waals surface area contributed by atoms with Crippen LogP contribution in [0.15, 0.2) is 41.2 Å². The Morgan fingerprint density at radius 2 is 1.96 bits per heavy atom. The quantitative estimate of drug-likeness (QED) is 0.622. The first-order valence-corrected chi connectivity index (χ1v) is 10.6. The summed E-state index contributed by atoms with van der Waals surface area (Å²) in [7, 11) is -4.35. The number of esters is 1. The van der Waals surface area contributed by atoms with Gasteiger partial charge >= 0.3 is 5.97 Å². The molecule has 10 heteroatoms. The average Bonchev–Trinajstić information content (AvgIpc) is 3.14. The maximum atomic E-state index is 13.4. The lowest BCUT2D eigenvalue weighted by atomic mass is 10.1. The average molecular weight is 412 g/mol. The smallest absolute Gasteiger partial charge is 0.326 e. The third-order valence-corrected chi connectivity index (χ3v) is 6.56. The number of benzene rings is 1. The number of thiazole rings is 1. The molecule has 0 fully saturated rings. The van der Waals surface area contributed by atoms with Crippen molar-refractivity contribution in [3.8, 4) is 0 Å². The fraction of sp³-hybridized carbons (Fsp3) is 0.353. The number of primary amides is 1. The van der Waals surface area contributed by atoms with Gasteiger partial charge in [-0.05, 0) is 19.4 Å². The minimum Gasteiger partial charge on any atom is -0.465 e. The van der Waals surface area contributed by atoms with Gasteiger partial charge in [-0.15, -0.1) is 11.3 Å². The third kappa shape index (κ3) is 4.83. The van der Waals surface area contributed by atoms with Crippen molar-refractivity contribution in [3.05, 3.63) is 46.8 Å². The van der Waals surface area contributed by atoms with E-state index in [4.69, 9.17) is 10.5 Å². The molecule has 0 aliphatic rings. The molecule has 1 amide bonds. The monoisotopic (exact) mass is 411 g/mol. The van der Waals surface area contributed by atoms with Gasteiger partial charge in [0.05, 0.1) is 12.1 Å². The van der Waals surface area contributed by atoms with E-state index in [0.717, 1.165) is 15.6 Å². The zero-order chi connectivity index (χ0) is 20.0. The maximum Gasteiger partial charge on any atom is 0.326 e. The lowest BCUT2D eigenvalue weighted by Gasteiger charge is -2.30. The second-order valence-corrected chi connectivity index (χ2v) is 8.41. The highest BCUT2D eigenvalue weighted by Gasteiger charge is 2.43. The highest BCUT2D eigenvalue weighted by molar-refractivity contribution is 7.94. The van der Waals surface area contributed by atoms with Gasteiger partial charge in [-0.3, -0.25) is 9.59 Å². The zero-order valence-corrected chi connectivity index (χ0v) is 16.6. The van der Waals surface area contributed by atoms with E-state index in [9.17, 15) is 18.0 Å². The molecule has 0 spiro atoms. The van der Waals surface area contributed by atoms with Crippen LogP contribution in [0.1, 0.15) is 19.4 Å². The summed E-state index contributed by atoms with van der Waals surface area (Å²) in [5.74, 6) is -1.71. The van der Waals surface area contributed by atoms with Gasteiger partial charge in [0.1, 0.15) is 6.04 Å². The molecule has 0 saturated heterocycles. The Morgan fingerprint density at radius 3 is 2.48 bits per heavy atom. The zero-order valence-electron chi connectivity index (χ0n) is 14.9. The molecular formula is C17H21N3O5S2. The molecule has 1 aromatic heterocycles. The van der Waals surface area contributed by atoms with Crippen LogP contribution >= 0.6 is 11.3 Å². The van der Waals surface area contributed by atoms with E-state index in [2.05, 4.69) is 4.98 Å². The first-order valence-electron chi connectivity index (χ1n) is 8.20. The van der Waals surface area contributed by atoms with Gasteiger partial charge in [0.15, 0.2) is 11.1 Å². The van der Waals surface area contributed by atoms with Crippen molar-refractivity contribution in [1.29, 1.82) is 0 Å². The van der Waals surface area contributed by atoms with Crippen LogP contribution in [0, 0.1) is 0 Å². The third-order valence-electron chi connectivity index (χ3n) is 3.86. The summed E-state index contributed by atoms with van der Waals surface area (Å²) in [6.45, 7) is 2.97. The molecule has 8 nitrogen and oxygen atoms in total. The predicted octanol–water partition coefficient (Wildman–Crippen LogP) is 1.33. The van der Waals surface area contributed by atoms with E-state index >= 15 is 0 Å². The number of hydrogen-bond donors (Lipinski definition) is 1. The van der Waals surface area contributed by atoms with E-state index < -0.39 is 33.2 Å².